The molecule has 5 heteroatoms. The lowest BCUT2D eigenvalue weighted by Crippen LogP contribution is -1.99. The first-order valence-electron chi connectivity index (χ1n) is 5.12. The van der Waals surface area contributed by atoms with E-state index in [0.717, 1.165) is 0 Å². The molecule has 0 unspecified atom stereocenters. The van der Waals surface area contributed by atoms with Crippen LogP contribution in [-0.2, 0) is 0 Å². The number of nitrogen functional groups attached to an aromatic ring is 1. The average molecular weight is 263 g/mol. The quantitative estimate of drug-likeness (QED) is 0.834. The summed E-state index contributed by atoms with van der Waals surface area (Å²) in [4.78, 5) is 12.2. The maximum atomic E-state index is 13.1. The fourth-order valence-corrected chi connectivity index (χ4v) is 2.49. The number of hydrogen-bond donors (Lipinski definition) is 2. The van der Waals surface area contributed by atoms with Gasteiger partial charge in [0.2, 0.25) is 0 Å². The number of halogens is 1. The van der Waals surface area contributed by atoms with Crippen molar-refractivity contribution in [2.45, 2.75) is 9.79 Å². The van der Waals surface area contributed by atoms with Crippen LogP contribution in [0, 0.1) is 5.82 Å². The van der Waals surface area contributed by atoms with Gasteiger partial charge in [0, 0.05) is 15.5 Å². The van der Waals surface area contributed by atoms with Gasteiger partial charge < -0.3 is 10.8 Å². The van der Waals surface area contributed by atoms with Crippen molar-refractivity contribution in [2.75, 3.05) is 5.73 Å². The minimum Gasteiger partial charge on any atom is -0.478 e. The number of hydrogen-bond acceptors (Lipinski definition) is 3. The van der Waals surface area contributed by atoms with Gasteiger partial charge in [-0.1, -0.05) is 17.8 Å². The van der Waals surface area contributed by atoms with Crippen molar-refractivity contribution in [3.8, 4) is 0 Å². The normalized spacial score (nSPS) is 10.3. The molecule has 92 valence electrons. The minimum atomic E-state index is -1.03. The molecule has 0 spiro atoms. The standard InChI is InChI=1S/C13H10FNO2S/c14-8-2-1-3-10(6-8)18-12-7-9(15)4-5-11(12)13(16)17/h1-7H,15H2,(H,16,17). The zero-order valence-corrected chi connectivity index (χ0v) is 10.1. The second-order valence-corrected chi connectivity index (χ2v) is 4.74. The molecule has 0 aliphatic rings. The molecule has 2 aromatic carbocycles. The molecule has 0 saturated heterocycles. The Labute approximate surface area is 107 Å². The largest absolute Gasteiger partial charge is 0.478 e. The van der Waals surface area contributed by atoms with Crippen LogP contribution in [0.1, 0.15) is 10.4 Å². The molecule has 0 atom stereocenters. The molecule has 0 radical (unpaired) electrons. The first kappa shape index (κ1) is 12.4. The third kappa shape index (κ3) is 2.81. The Balaban J connectivity index is 2.39. The number of aromatic carboxylic acids is 1. The molecule has 0 fully saturated rings. The van der Waals surface area contributed by atoms with Crippen LogP contribution < -0.4 is 5.73 Å². The van der Waals surface area contributed by atoms with Crippen LogP contribution in [-0.4, -0.2) is 11.1 Å². The van der Waals surface area contributed by atoms with E-state index < -0.39 is 5.97 Å². The monoisotopic (exact) mass is 263 g/mol. The first-order valence-corrected chi connectivity index (χ1v) is 5.94. The van der Waals surface area contributed by atoms with E-state index in [1.165, 1.54) is 36.0 Å². The van der Waals surface area contributed by atoms with Gasteiger partial charge in [0.15, 0.2) is 0 Å². The Morgan fingerprint density at radius 2 is 2.00 bits per heavy atom. The molecule has 18 heavy (non-hydrogen) atoms. The number of anilines is 1. The van der Waals surface area contributed by atoms with Crippen molar-refractivity contribution in [3.63, 3.8) is 0 Å². The summed E-state index contributed by atoms with van der Waals surface area (Å²) in [5, 5.41) is 9.06. The lowest BCUT2D eigenvalue weighted by Gasteiger charge is -2.07. The van der Waals surface area contributed by atoms with Gasteiger partial charge in [-0.25, -0.2) is 9.18 Å². The second kappa shape index (κ2) is 5.10. The highest BCUT2D eigenvalue weighted by Gasteiger charge is 2.11. The van der Waals surface area contributed by atoms with Gasteiger partial charge in [0.25, 0.3) is 0 Å². The van der Waals surface area contributed by atoms with E-state index in [2.05, 4.69) is 0 Å². The molecule has 3 nitrogen and oxygen atoms in total. The van der Waals surface area contributed by atoms with Crippen molar-refractivity contribution in [2.24, 2.45) is 0 Å². The van der Waals surface area contributed by atoms with Gasteiger partial charge in [-0.2, -0.15) is 0 Å². The number of carbonyl (C=O) groups is 1. The van der Waals surface area contributed by atoms with Gasteiger partial charge >= 0.3 is 5.97 Å². The average Bonchev–Trinajstić information content (AvgIpc) is 2.28. The molecule has 0 aliphatic heterocycles. The number of benzene rings is 2. The predicted octanol–water partition coefficient (Wildman–Crippen LogP) is 3.26. The molecular weight excluding hydrogens is 253 g/mol. The zero-order chi connectivity index (χ0) is 13.1. The van der Waals surface area contributed by atoms with Crippen LogP contribution in [0.25, 0.3) is 0 Å². The van der Waals surface area contributed by atoms with Crippen LogP contribution in [0.2, 0.25) is 0 Å². The van der Waals surface area contributed by atoms with Crippen molar-refractivity contribution in [3.05, 3.63) is 53.8 Å². The third-order valence-electron chi connectivity index (χ3n) is 2.26. The SMILES string of the molecule is Nc1ccc(C(=O)O)c(Sc2cccc(F)c2)c1. The molecular formula is C13H10FNO2S. The molecule has 0 amide bonds. The molecule has 3 N–H and O–H groups in total. The number of carboxylic acid groups (broad SMARTS) is 1. The summed E-state index contributed by atoms with van der Waals surface area (Å²) in [5.41, 5.74) is 6.25. The molecule has 0 aromatic heterocycles. The van der Waals surface area contributed by atoms with Gasteiger partial charge in [-0.3, -0.25) is 0 Å². The maximum Gasteiger partial charge on any atom is 0.336 e. The summed E-state index contributed by atoms with van der Waals surface area (Å²) in [6, 6.07) is 10.5. The van der Waals surface area contributed by atoms with E-state index in [9.17, 15) is 9.18 Å². The Bertz CT molecular complexity index is 601. The Morgan fingerprint density at radius 3 is 2.67 bits per heavy atom. The van der Waals surface area contributed by atoms with Crippen LogP contribution in [0.3, 0.4) is 0 Å². The van der Waals surface area contributed by atoms with Gasteiger partial charge in [-0.15, -0.1) is 0 Å². The minimum absolute atomic E-state index is 0.151. The lowest BCUT2D eigenvalue weighted by molar-refractivity contribution is 0.0693. The highest BCUT2D eigenvalue weighted by atomic mass is 32.2. The van der Waals surface area contributed by atoms with Crippen LogP contribution in [0.5, 0.6) is 0 Å². The van der Waals surface area contributed by atoms with E-state index in [4.69, 9.17) is 10.8 Å². The van der Waals surface area contributed by atoms with Crippen molar-refractivity contribution >= 4 is 23.4 Å². The summed E-state index contributed by atoms with van der Waals surface area (Å²) < 4.78 is 13.1. The summed E-state index contributed by atoms with van der Waals surface area (Å²) in [6.45, 7) is 0. The van der Waals surface area contributed by atoms with Gasteiger partial charge in [-0.05, 0) is 36.4 Å². The van der Waals surface area contributed by atoms with Crippen molar-refractivity contribution in [1.29, 1.82) is 0 Å². The smallest absolute Gasteiger partial charge is 0.336 e. The molecule has 0 saturated carbocycles. The van der Waals surface area contributed by atoms with E-state index >= 15 is 0 Å². The highest BCUT2D eigenvalue weighted by molar-refractivity contribution is 7.99. The predicted molar refractivity (Wildman–Crippen MR) is 68.3 cm³/mol. The summed E-state index contributed by atoms with van der Waals surface area (Å²) in [7, 11) is 0. The molecule has 2 aromatic rings. The number of carboxylic acids is 1. The molecule has 0 aliphatic carbocycles. The summed E-state index contributed by atoms with van der Waals surface area (Å²) in [6.07, 6.45) is 0. The van der Waals surface area contributed by atoms with E-state index in [1.54, 1.807) is 18.2 Å². The van der Waals surface area contributed by atoms with Gasteiger partial charge in [0.05, 0.1) is 5.56 Å². The maximum absolute atomic E-state index is 13.1. The fraction of sp³-hybridized carbons (Fsp3) is 0. The van der Waals surface area contributed by atoms with E-state index in [1.807, 2.05) is 0 Å². The third-order valence-corrected chi connectivity index (χ3v) is 3.31. The van der Waals surface area contributed by atoms with Crippen LogP contribution >= 0.6 is 11.8 Å². The number of nitrogens with two attached hydrogens (primary N) is 1. The number of rotatable bonds is 3. The van der Waals surface area contributed by atoms with Crippen molar-refractivity contribution in [1.82, 2.24) is 0 Å². The second-order valence-electron chi connectivity index (χ2n) is 3.62. The van der Waals surface area contributed by atoms with Crippen LogP contribution in [0.4, 0.5) is 10.1 Å². The Hall–Kier alpha value is -2.01. The Kier molecular flexibility index (Phi) is 3.53. The fourth-order valence-electron chi connectivity index (χ4n) is 1.46. The molecule has 0 heterocycles. The lowest BCUT2D eigenvalue weighted by atomic mass is 10.2. The van der Waals surface area contributed by atoms with Crippen molar-refractivity contribution < 1.29 is 14.3 Å². The van der Waals surface area contributed by atoms with E-state index in [-0.39, 0.29) is 11.4 Å². The Morgan fingerprint density at radius 1 is 1.22 bits per heavy atom. The topological polar surface area (TPSA) is 63.3 Å². The first-order chi connectivity index (χ1) is 8.56. The van der Waals surface area contributed by atoms with E-state index in [0.29, 0.717) is 15.5 Å². The van der Waals surface area contributed by atoms with Gasteiger partial charge in [0.1, 0.15) is 5.82 Å². The summed E-state index contributed by atoms with van der Waals surface area (Å²) >= 11 is 1.17. The zero-order valence-electron chi connectivity index (χ0n) is 9.26. The molecule has 2 rings (SSSR count). The van der Waals surface area contributed by atoms with Crippen LogP contribution in [0.15, 0.2) is 52.3 Å². The molecule has 0 bridgehead atoms. The summed E-state index contributed by atoms with van der Waals surface area (Å²) in [5.74, 6) is -1.39. The highest BCUT2D eigenvalue weighted by Crippen LogP contribution is 2.32.